The van der Waals surface area contributed by atoms with E-state index in [0.717, 1.165) is 46.8 Å². The van der Waals surface area contributed by atoms with Crippen LogP contribution in [0, 0.1) is 6.92 Å². The van der Waals surface area contributed by atoms with E-state index in [9.17, 15) is 0 Å². The van der Waals surface area contributed by atoms with Crippen LogP contribution in [0.15, 0.2) is 60.0 Å². The number of rotatable bonds is 7. The minimum atomic E-state index is 0.105. The van der Waals surface area contributed by atoms with E-state index >= 15 is 0 Å². The summed E-state index contributed by atoms with van der Waals surface area (Å²) in [6, 6.07) is 19.0. The number of aryl methyl sites for hydroxylation is 3. The summed E-state index contributed by atoms with van der Waals surface area (Å²) in [6.45, 7) is 6.67. The van der Waals surface area contributed by atoms with Crippen molar-refractivity contribution in [2.24, 2.45) is 7.05 Å². The highest BCUT2D eigenvalue weighted by Gasteiger charge is 2.23. The van der Waals surface area contributed by atoms with Crippen LogP contribution in [0.4, 0.5) is 0 Å². The Morgan fingerprint density at radius 3 is 2.33 bits per heavy atom. The molecule has 0 fully saturated rings. The molecule has 0 N–H and O–H groups in total. The van der Waals surface area contributed by atoms with E-state index in [1.54, 1.807) is 16.1 Å². The monoisotopic (exact) mass is 416 g/mol. The lowest BCUT2D eigenvalue weighted by molar-refractivity contribution is 0.450. The van der Waals surface area contributed by atoms with Crippen LogP contribution in [-0.4, -0.2) is 20.0 Å². The standard InChI is InChI=1S/C25H28N4S/c1-18-26-22(17-30-18)25(2,3)15-9-11-19-10-8-14-21(16-19)24-23(27-29(4)28-24)20-12-6-5-7-13-20/h5-8,10,12-14,16-17H,9,11,15H2,1-4H3. The van der Waals surface area contributed by atoms with E-state index in [1.165, 1.54) is 11.3 Å². The molecule has 0 unspecified atom stereocenters. The highest BCUT2D eigenvalue weighted by molar-refractivity contribution is 7.09. The highest BCUT2D eigenvalue weighted by atomic mass is 32.1. The molecule has 2 heterocycles. The lowest BCUT2D eigenvalue weighted by Crippen LogP contribution is -2.17. The molecule has 4 nitrogen and oxygen atoms in total. The maximum absolute atomic E-state index is 4.70. The van der Waals surface area contributed by atoms with Gasteiger partial charge in [0.05, 0.1) is 10.7 Å². The Kier molecular flexibility index (Phi) is 5.82. The van der Waals surface area contributed by atoms with Crippen molar-refractivity contribution >= 4 is 11.3 Å². The first-order valence-electron chi connectivity index (χ1n) is 10.4. The molecule has 0 radical (unpaired) electrons. The number of hydrogen-bond donors (Lipinski definition) is 0. The molecule has 2 aromatic heterocycles. The second kappa shape index (κ2) is 8.52. The summed E-state index contributed by atoms with van der Waals surface area (Å²) in [4.78, 5) is 6.36. The van der Waals surface area contributed by atoms with Crippen LogP contribution in [0.2, 0.25) is 0 Å². The van der Waals surface area contributed by atoms with E-state index in [1.807, 2.05) is 25.2 Å². The van der Waals surface area contributed by atoms with Gasteiger partial charge < -0.3 is 0 Å². The minimum Gasteiger partial charge on any atom is -0.246 e. The van der Waals surface area contributed by atoms with Crippen molar-refractivity contribution in [3.05, 3.63) is 76.2 Å². The third-order valence-corrected chi connectivity index (χ3v) is 6.31. The second-order valence-corrected chi connectivity index (χ2v) is 9.50. The average Bonchev–Trinajstić information content (AvgIpc) is 3.35. The quantitative estimate of drug-likeness (QED) is 0.359. The number of nitrogens with zero attached hydrogens (tertiary/aromatic N) is 4. The summed E-state index contributed by atoms with van der Waals surface area (Å²) in [6.07, 6.45) is 3.28. The molecule has 0 bridgehead atoms. The van der Waals surface area contributed by atoms with Gasteiger partial charge in [-0.25, -0.2) is 4.98 Å². The van der Waals surface area contributed by atoms with E-state index in [4.69, 9.17) is 4.98 Å². The summed E-state index contributed by atoms with van der Waals surface area (Å²) < 4.78 is 0. The van der Waals surface area contributed by atoms with Gasteiger partial charge >= 0.3 is 0 Å². The van der Waals surface area contributed by atoms with Crippen LogP contribution >= 0.6 is 11.3 Å². The predicted octanol–water partition coefficient (Wildman–Crippen LogP) is 6.21. The molecule has 0 spiro atoms. The molecule has 0 saturated carbocycles. The van der Waals surface area contributed by atoms with Crippen molar-refractivity contribution in [2.45, 2.75) is 45.4 Å². The van der Waals surface area contributed by atoms with Crippen molar-refractivity contribution < 1.29 is 0 Å². The van der Waals surface area contributed by atoms with Crippen molar-refractivity contribution in [1.29, 1.82) is 0 Å². The summed E-state index contributed by atoms with van der Waals surface area (Å²) >= 11 is 1.74. The van der Waals surface area contributed by atoms with Crippen LogP contribution in [0.5, 0.6) is 0 Å². The fraction of sp³-hybridized carbons (Fsp3) is 0.320. The molecular formula is C25H28N4S. The molecule has 0 aliphatic carbocycles. The van der Waals surface area contributed by atoms with E-state index < -0.39 is 0 Å². The molecule has 30 heavy (non-hydrogen) atoms. The Morgan fingerprint density at radius 2 is 1.63 bits per heavy atom. The van der Waals surface area contributed by atoms with Crippen molar-refractivity contribution in [3.8, 4) is 22.5 Å². The number of aromatic nitrogens is 4. The van der Waals surface area contributed by atoms with Crippen LogP contribution in [0.3, 0.4) is 0 Å². The van der Waals surface area contributed by atoms with Gasteiger partial charge in [-0.2, -0.15) is 15.0 Å². The van der Waals surface area contributed by atoms with Crippen LogP contribution < -0.4 is 0 Å². The molecule has 4 aromatic rings. The van der Waals surface area contributed by atoms with E-state index in [2.05, 4.69) is 72.7 Å². The Labute approximate surface area is 182 Å². The van der Waals surface area contributed by atoms with Gasteiger partial charge in [-0.05, 0) is 37.8 Å². The number of hydrogen-bond acceptors (Lipinski definition) is 4. The molecule has 0 amide bonds. The van der Waals surface area contributed by atoms with Gasteiger partial charge in [0, 0.05) is 29.0 Å². The normalized spacial score (nSPS) is 11.7. The smallest absolute Gasteiger partial charge is 0.121 e. The first kappa shape index (κ1) is 20.5. The van der Waals surface area contributed by atoms with Crippen molar-refractivity contribution in [2.75, 3.05) is 0 Å². The van der Waals surface area contributed by atoms with Crippen molar-refractivity contribution in [3.63, 3.8) is 0 Å². The largest absolute Gasteiger partial charge is 0.246 e. The Morgan fingerprint density at radius 1 is 0.933 bits per heavy atom. The molecule has 0 saturated heterocycles. The number of thiazole rings is 1. The Bertz CT molecular complexity index is 1130. The summed E-state index contributed by atoms with van der Waals surface area (Å²) in [5, 5.41) is 12.6. The van der Waals surface area contributed by atoms with E-state index in [0.29, 0.717) is 0 Å². The fourth-order valence-electron chi connectivity index (χ4n) is 3.80. The fourth-order valence-corrected chi connectivity index (χ4v) is 4.61. The molecule has 0 aliphatic rings. The Hall–Kier alpha value is -2.79. The summed E-state index contributed by atoms with van der Waals surface area (Å²) in [5.41, 5.74) is 6.72. The van der Waals surface area contributed by atoms with Gasteiger partial charge in [0.25, 0.3) is 0 Å². The lowest BCUT2D eigenvalue weighted by Gasteiger charge is -2.22. The van der Waals surface area contributed by atoms with Gasteiger partial charge in [-0.3, -0.25) is 0 Å². The van der Waals surface area contributed by atoms with Gasteiger partial charge in [0.15, 0.2) is 0 Å². The molecule has 2 aromatic carbocycles. The number of benzene rings is 2. The first-order valence-corrected chi connectivity index (χ1v) is 11.3. The minimum absolute atomic E-state index is 0.105. The van der Waals surface area contributed by atoms with Gasteiger partial charge in [0.1, 0.15) is 11.4 Å². The predicted molar refractivity (Wildman–Crippen MR) is 125 cm³/mol. The van der Waals surface area contributed by atoms with Crippen LogP contribution in [0.25, 0.3) is 22.5 Å². The van der Waals surface area contributed by atoms with Gasteiger partial charge in [0.2, 0.25) is 0 Å². The third-order valence-electron chi connectivity index (χ3n) is 5.54. The second-order valence-electron chi connectivity index (χ2n) is 8.44. The third kappa shape index (κ3) is 4.51. The average molecular weight is 417 g/mol. The summed E-state index contributed by atoms with van der Waals surface area (Å²) in [7, 11) is 1.88. The lowest BCUT2D eigenvalue weighted by atomic mass is 9.84. The van der Waals surface area contributed by atoms with Gasteiger partial charge in [-0.15, -0.1) is 11.3 Å². The van der Waals surface area contributed by atoms with Gasteiger partial charge in [-0.1, -0.05) is 62.4 Å². The molecular weight excluding hydrogens is 388 g/mol. The van der Waals surface area contributed by atoms with E-state index in [-0.39, 0.29) is 5.41 Å². The SMILES string of the molecule is Cc1nc(C(C)(C)CCCc2cccc(-c3nn(C)nc3-c3ccccc3)c2)cs1. The zero-order chi connectivity index (χ0) is 21.1. The first-order chi connectivity index (χ1) is 14.4. The maximum atomic E-state index is 4.70. The maximum Gasteiger partial charge on any atom is 0.121 e. The molecule has 154 valence electrons. The topological polar surface area (TPSA) is 43.6 Å². The molecule has 5 heteroatoms. The van der Waals surface area contributed by atoms with Crippen LogP contribution in [0.1, 0.15) is 43.0 Å². The summed E-state index contributed by atoms with van der Waals surface area (Å²) in [5.74, 6) is 0. The zero-order valence-electron chi connectivity index (χ0n) is 18.1. The Balaban J connectivity index is 1.50. The zero-order valence-corrected chi connectivity index (χ0v) is 18.9. The molecule has 4 rings (SSSR count). The highest BCUT2D eigenvalue weighted by Crippen LogP contribution is 2.31. The molecule has 0 atom stereocenters. The van der Waals surface area contributed by atoms with Crippen molar-refractivity contribution in [1.82, 2.24) is 20.0 Å². The van der Waals surface area contributed by atoms with Crippen LogP contribution in [-0.2, 0) is 18.9 Å². The molecule has 0 aliphatic heterocycles.